The highest BCUT2D eigenvalue weighted by Gasteiger charge is 2.28. The monoisotopic (exact) mass is 261 g/mol. The van der Waals surface area contributed by atoms with Gasteiger partial charge in [0.15, 0.2) is 0 Å². The van der Waals surface area contributed by atoms with E-state index in [2.05, 4.69) is 47.8 Å². The van der Waals surface area contributed by atoms with E-state index in [0.717, 1.165) is 6.54 Å². The van der Waals surface area contributed by atoms with Crippen molar-refractivity contribution in [1.29, 1.82) is 0 Å². The average molecular weight is 261 g/mol. The van der Waals surface area contributed by atoms with Gasteiger partial charge in [0, 0.05) is 31.4 Å². The zero-order chi connectivity index (χ0) is 13.7. The van der Waals surface area contributed by atoms with Crippen LogP contribution in [-0.4, -0.2) is 36.6 Å². The van der Waals surface area contributed by atoms with Gasteiger partial charge in [-0.2, -0.15) is 0 Å². The highest BCUT2D eigenvalue weighted by Crippen LogP contribution is 2.35. The molecule has 1 saturated heterocycles. The van der Waals surface area contributed by atoms with Gasteiger partial charge in [0.05, 0.1) is 0 Å². The van der Waals surface area contributed by atoms with E-state index in [1.807, 2.05) is 6.20 Å². The largest absolute Gasteiger partial charge is 0.360 e. The van der Waals surface area contributed by atoms with Crippen LogP contribution in [0.3, 0.4) is 0 Å². The Balaban J connectivity index is 2.20. The number of pyridine rings is 1. The predicted molar refractivity (Wildman–Crippen MR) is 81.6 cm³/mol. The third-order valence-corrected chi connectivity index (χ3v) is 4.17. The van der Waals surface area contributed by atoms with Gasteiger partial charge in [0.2, 0.25) is 0 Å². The maximum Gasteiger partial charge on any atom is 0.133 e. The normalized spacial score (nSPS) is 19.8. The summed E-state index contributed by atoms with van der Waals surface area (Å²) in [6.07, 6.45) is 7.09. The molecule has 1 unspecified atom stereocenters. The molecule has 0 bridgehead atoms. The van der Waals surface area contributed by atoms with Crippen molar-refractivity contribution in [2.45, 2.75) is 45.6 Å². The Morgan fingerprint density at radius 3 is 3.00 bits per heavy atom. The molecule has 106 valence electrons. The molecular weight excluding hydrogens is 234 g/mol. The van der Waals surface area contributed by atoms with E-state index in [9.17, 15) is 0 Å². The van der Waals surface area contributed by atoms with E-state index in [-0.39, 0.29) is 0 Å². The van der Waals surface area contributed by atoms with E-state index in [0.29, 0.717) is 6.04 Å². The Morgan fingerprint density at radius 2 is 2.26 bits per heavy atom. The molecular formula is C16H27N3. The molecule has 1 aromatic heterocycles. The van der Waals surface area contributed by atoms with Crippen LogP contribution in [0.2, 0.25) is 0 Å². The number of likely N-dealkylation sites (tertiary alicyclic amines) is 1. The molecule has 0 amide bonds. The van der Waals surface area contributed by atoms with Gasteiger partial charge in [-0.25, -0.2) is 4.98 Å². The third kappa shape index (κ3) is 3.27. The van der Waals surface area contributed by atoms with Crippen LogP contribution in [-0.2, 0) is 0 Å². The summed E-state index contributed by atoms with van der Waals surface area (Å²) in [6.45, 7) is 7.93. The number of nitrogens with zero attached hydrogens (tertiary/aromatic N) is 3. The Morgan fingerprint density at radius 1 is 1.42 bits per heavy atom. The average Bonchev–Trinajstić information content (AvgIpc) is 2.92. The first-order valence-electron chi connectivity index (χ1n) is 7.68. The van der Waals surface area contributed by atoms with Crippen molar-refractivity contribution in [2.24, 2.45) is 0 Å². The summed E-state index contributed by atoms with van der Waals surface area (Å²) >= 11 is 0. The lowest BCUT2D eigenvalue weighted by molar-refractivity contribution is 0.253. The second-order valence-electron chi connectivity index (χ2n) is 5.48. The van der Waals surface area contributed by atoms with Crippen molar-refractivity contribution >= 4 is 5.82 Å². The third-order valence-electron chi connectivity index (χ3n) is 4.17. The highest BCUT2D eigenvalue weighted by molar-refractivity contribution is 5.48. The molecule has 0 saturated carbocycles. The van der Waals surface area contributed by atoms with Crippen LogP contribution in [0.4, 0.5) is 5.82 Å². The summed E-state index contributed by atoms with van der Waals surface area (Å²) in [7, 11) is 2.14. The van der Waals surface area contributed by atoms with Gasteiger partial charge in [-0.15, -0.1) is 0 Å². The standard InChI is InChI=1S/C16H27N3/c1-4-6-12-19-13-8-10-15(19)14-9-7-11-17-16(14)18(3)5-2/h7,9,11,15H,4-6,8,10,12-13H2,1-3H3. The summed E-state index contributed by atoms with van der Waals surface area (Å²) in [6, 6.07) is 4.92. The number of hydrogen-bond donors (Lipinski definition) is 0. The lowest BCUT2D eigenvalue weighted by Gasteiger charge is -2.28. The Kier molecular flexibility index (Phi) is 5.20. The molecule has 2 heterocycles. The minimum absolute atomic E-state index is 0.573. The van der Waals surface area contributed by atoms with E-state index >= 15 is 0 Å². The molecule has 0 radical (unpaired) electrons. The van der Waals surface area contributed by atoms with Crippen LogP contribution < -0.4 is 4.90 Å². The van der Waals surface area contributed by atoms with Gasteiger partial charge in [0.1, 0.15) is 5.82 Å². The predicted octanol–water partition coefficient (Wildman–Crippen LogP) is 3.47. The molecule has 0 aliphatic carbocycles. The summed E-state index contributed by atoms with van der Waals surface area (Å²) in [5.74, 6) is 1.17. The van der Waals surface area contributed by atoms with Crippen LogP contribution in [0.1, 0.15) is 51.1 Å². The zero-order valence-electron chi connectivity index (χ0n) is 12.6. The maximum absolute atomic E-state index is 4.61. The first kappa shape index (κ1) is 14.3. The first-order chi connectivity index (χ1) is 9.27. The number of aromatic nitrogens is 1. The Hall–Kier alpha value is -1.09. The molecule has 1 atom stereocenters. The molecule has 1 fully saturated rings. The van der Waals surface area contributed by atoms with Gasteiger partial charge < -0.3 is 4.90 Å². The van der Waals surface area contributed by atoms with Gasteiger partial charge >= 0.3 is 0 Å². The fourth-order valence-electron chi connectivity index (χ4n) is 2.95. The minimum atomic E-state index is 0.573. The molecule has 19 heavy (non-hydrogen) atoms. The van der Waals surface area contributed by atoms with Crippen molar-refractivity contribution in [3.8, 4) is 0 Å². The molecule has 3 nitrogen and oxygen atoms in total. The Bertz CT molecular complexity index is 391. The van der Waals surface area contributed by atoms with Crippen molar-refractivity contribution in [3.63, 3.8) is 0 Å². The molecule has 1 aromatic rings. The fourth-order valence-corrected chi connectivity index (χ4v) is 2.95. The molecule has 3 heteroatoms. The molecule has 0 spiro atoms. The first-order valence-corrected chi connectivity index (χ1v) is 7.68. The molecule has 1 aliphatic rings. The van der Waals surface area contributed by atoms with Crippen LogP contribution in [0.15, 0.2) is 18.3 Å². The van der Waals surface area contributed by atoms with Crippen LogP contribution in [0.25, 0.3) is 0 Å². The zero-order valence-corrected chi connectivity index (χ0v) is 12.6. The van der Waals surface area contributed by atoms with Gasteiger partial charge in [-0.1, -0.05) is 19.4 Å². The summed E-state index contributed by atoms with van der Waals surface area (Å²) in [5, 5.41) is 0. The number of unbranched alkanes of at least 4 members (excludes halogenated alkanes) is 1. The van der Waals surface area contributed by atoms with E-state index in [1.54, 1.807) is 0 Å². The Labute approximate surface area is 117 Å². The SMILES string of the molecule is CCCCN1CCCC1c1cccnc1N(C)CC. The molecule has 1 aliphatic heterocycles. The number of rotatable bonds is 6. The molecule has 2 rings (SSSR count). The van der Waals surface area contributed by atoms with E-state index in [4.69, 9.17) is 0 Å². The van der Waals surface area contributed by atoms with Crippen LogP contribution in [0, 0.1) is 0 Å². The van der Waals surface area contributed by atoms with Crippen molar-refractivity contribution in [3.05, 3.63) is 23.9 Å². The smallest absolute Gasteiger partial charge is 0.133 e. The van der Waals surface area contributed by atoms with Crippen molar-refractivity contribution in [2.75, 3.05) is 31.6 Å². The topological polar surface area (TPSA) is 19.4 Å². The minimum Gasteiger partial charge on any atom is -0.360 e. The maximum atomic E-state index is 4.61. The lowest BCUT2D eigenvalue weighted by Crippen LogP contribution is -2.27. The molecule has 0 N–H and O–H groups in total. The second kappa shape index (κ2) is 6.90. The van der Waals surface area contributed by atoms with Gasteiger partial charge in [-0.05, 0) is 45.3 Å². The fraction of sp³-hybridized carbons (Fsp3) is 0.688. The summed E-state index contributed by atoms with van der Waals surface area (Å²) in [4.78, 5) is 9.51. The number of anilines is 1. The van der Waals surface area contributed by atoms with Crippen LogP contribution in [0.5, 0.6) is 0 Å². The lowest BCUT2D eigenvalue weighted by atomic mass is 10.0. The second-order valence-corrected chi connectivity index (χ2v) is 5.48. The van der Waals surface area contributed by atoms with Gasteiger partial charge in [0.25, 0.3) is 0 Å². The van der Waals surface area contributed by atoms with E-state index < -0.39 is 0 Å². The highest BCUT2D eigenvalue weighted by atomic mass is 15.2. The van der Waals surface area contributed by atoms with Crippen molar-refractivity contribution in [1.82, 2.24) is 9.88 Å². The summed E-state index contributed by atoms with van der Waals surface area (Å²) in [5.41, 5.74) is 1.42. The van der Waals surface area contributed by atoms with E-state index in [1.165, 1.54) is 50.2 Å². The quantitative estimate of drug-likeness (QED) is 0.781. The number of hydrogen-bond acceptors (Lipinski definition) is 3. The van der Waals surface area contributed by atoms with Crippen LogP contribution >= 0.6 is 0 Å². The van der Waals surface area contributed by atoms with Crippen molar-refractivity contribution < 1.29 is 0 Å². The summed E-state index contributed by atoms with van der Waals surface area (Å²) < 4.78 is 0. The molecule has 0 aromatic carbocycles. The van der Waals surface area contributed by atoms with Gasteiger partial charge in [-0.3, -0.25) is 4.90 Å².